The molecular weight excluding hydrogens is 389 g/mol. The molecule has 1 amide bonds. The minimum absolute atomic E-state index is 0.124. The van der Waals surface area contributed by atoms with Crippen molar-refractivity contribution in [2.24, 2.45) is 0 Å². The van der Waals surface area contributed by atoms with Gasteiger partial charge in [-0.2, -0.15) is 0 Å². The number of amides is 1. The maximum Gasteiger partial charge on any atom is 0.325 e. The van der Waals surface area contributed by atoms with Gasteiger partial charge in [0.1, 0.15) is 19.3 Å². The largest absolute Gasteiger partial charge is 0.465 e. The maximum atomic E-state index is 12.6. The molecule has 0 bridgehead atoms. The topological polar surface area (TPSA) is 55.8 Å². The number of nitrogens with zero attached hydrogens (tertiary/aromatic N) is 1. The first-order chi connectivity index (χ1) is 13.0. The molecule has 3 rings (SSSR count). The van der Waals surface area contributed by atoms with E-state index >= 15 is 0 Å². The van der Waals surface area contributed by atoms with E-state index in [1.54, 1.807) is 31.2 Å². The van der Waals surface area contributed by atoms with Gasteiger partial charge in [-0.1, -0.05) is 47.5 Å². The van der Waals surface area contributed by atoms with Crippen LogP contribution in [0.3, 0.4) is 0 Å². The Bertz CT molecular complexity index is 825. The van der Waals surface area contributed by atoms with E-state index in [0.717, 1.165) is 11.1 Å². The van der Waals surface area contributed by atoms with Crippen LogP contribution >= 0.6 is 23.2 Å². The number of benzene rings is 2. The van der Waals surface area contributed by atoms with Crippen LogP contribution in [0.4, 0.5) is 0 Å². The van der Waals surface area contributed by atoms with E-state index in [1.807, 2.05) is 24.3 Å². The molecule has 7 heteroatoms. The van der Waals surface area contributed by atoms with Crippen molar-refractivity contribution >= 4 is 35.1 Å². The molecule has 0 N–H and O–H groups in total. The molecule has 0 saturated carbocycles. The second kappa shape index (κ2) is 8.74. The Labute approximate surface area is 167 Å². The lowest BCUT2D eigenvalue weighted by atomic mass is 9.92. The van der Waals surface area contributed by atoms with Crippen LogP contribution in [0.5, 0.6) is 0 Å². The summed E-state index contributed by atoms with van der Waals surface area (Å²) in [5, 5.41) is 1.15. The van der Waals surface area contributed by atoms with Crippen LogP contribution in [0.1, 0.15) is 30.2 Å². The van der Waals surface area contributed by atoms with Crippen LogP contribution < -0.4 is 0 Å². The standard InChI is InChI=1S/C20H19Cl2NO4/c1-2-26-18(25)11-23-17(24)12-27-20(14-4-3-5-16(22)10-14)19(23)13-6-8-15(21)9-7-13/h3-10,19-20H,2,11-12H2,1H3. The van der Waals surface area contributed by atoms with Gasteiger partial charge in [0.2, 0.25) is 5.91 Å². The zero-order chi connectivity index (χ0) is 19.4. The van der Waals surface area contributed by atoms with Crippen molar-refractivity contribution < 1.29 is 19.1 Å². The SMILES string of the molecule is CCOC(=O)CN1C(=O)COC(c2cccc(Cl)c2)C1c1ccc(Cl)cc1. The predicted octanol–water partition coefficient (Wildman–Crippen LogP) is 4.20. The molecule has 0 spiro atoms. The third-order valence-electron chi connectivity index (χ3n) is 4.32. The zero-order valence-electron chi connectivity index (χ0n) is 14.7. The third-order valence-corrected chi connectivity index (χ3v) is 4.81. The second-order valence-electron chi connectivity index (χ2n) is 6.11. The van der Waals surface area contributed by atoms with E-state index in [0.29, 0.717) is 10.0 Å². The van der Waals surface area contributed by atoms with Gasteiger partial charge in [0.05, 0.1) is 12.6 Å². The average Bonchev–Trinajstić information content (AvgIpc) is 2.64. The first-order valence-corrected chi connectivity index (χ1v) is 9.32. The van der Waals surface area contributed by atoms with Gasteiger partial charge in [0, 0.05) is 10.0 Å². The van der Waals surface area contributed by atoms with Crippen molar-refractivity contribution in [3.8, 4) is 0 Å². The van der Waals surface area contributed by atoms with Gasteiger partial charge in [-0.25, -0.2) is 0 Å². The number of carbonyl (C=O) groups excluding carboxylic acids is 2. The first-order valence-electron chi connectivity index (χ1n) is 8.57. The number of ether oxygens (including phenoxy) is 2. The Morgan fingerprint density at radius 2 is 1.89 bits per heavy atom. The Balaban J connectivity index is 2.02. The molecule has 1 fully saturated rings. The van der Waals surface area contributed by atoms with Crippen LogP contribution in [0, 0.1) is 0 Å². The molecule has 142 valence electrons. The second-order valence-corrected chi connectivity index (χ2v) is 6.98. The summed E-state index contributed by atoms with van der Waals surface area (Å²) in [5.74, 6) is -0.738. The van der Waals surface area contributed by atoms with E-state index in [1.165, 1.54) is 4.90 Å². The summed E-state index contributed by atoms with van der Waals surface area (Å²) >= 11 is 12.2. The molecule has 0 aliphatic carbocycles. The lowest BCUT2D eigenvalue weighted by Gasteiger charge is -2.41. The molecule has 0 radical (unpaired) electrons. The lowest BCUT2D eigenvalue weighted by molar-refractivity contribution is -0.166. The first kappa shape index (κ1) is 19.7. The molecule has 2 unspecified atom stereocenters. The minimum atomic E-state index is -0.508. The molecule has 2 aromatic carbocycles. The van der Waals surface area contributed by atoms with E-state index in [9.17, 15) is 9.59 Å². The van der Waals surface area contributed by atoms with Crippen molar-refractivity contribution in [2.45, 2.75) is 19.1 Å². The summed E-state index contributed by atoms with van der Waals surface area (Å²) in [7, 11) is 0. The van der Waals surface area contributed by atoms with Crippen LogP contribution in [0.25, 0.3) is 0 Å². The third kappa shape index (κ3) is 4.61. The number of hydrogen-bond donors (Lipinski definition) is 0. The van der Waals surface area contributed by atoms with Crippen molar-refractivity contribution in [1.29, 1.82) is 0 Å². The van der Waals surface area contributed by atoms with Crippen LogP contribution in [0.15, 0.2) is 48.5 Å². The number of rotatable bonds is 5. The number of hydrogen-bond acceptors (Lipinski definition) is 4. The number of carbonyl (C=O) groups is 2. The molecule has 2 atom stereocenters. The molecule has 1 aliphatic rings. The zero-order valence-corrected chi connectivity index (χ0v) is 16.2. The van der Waals surface area contributed by atoms with Gasteiger partial charge < -0.3 is 14.4 Å². The van der Waals surface area contributed by atoms with Crippen LogP contribution in [-0.2, 0) is 19.1 Å². The molecule has 0 aromatic heterocycles. The highest BCUT2D eigenvalue weighted by Gasteiger charge is 2.39. The van der Waals surface area contributed by atoms with E-state index in [2.05, 4.69) is 0 Å². The van der Waals surface area contributed by atoms with Crippen molar-refractivity contribution in [3.05, 3.63) is 69.7 Å². The van der Waals surface area contributed by atoms with Gasteiger partial charge >= 0.3 is 5.97 Å². The Kier molecular flexibility index (Phi) is 6.37. The summed E-state index contributed by atoms with van der Waals surface area (Å²) in [4.78, 5) is 26.2. The summed E-state index contributed by atoms with van der Waals surface area (Å²) < 4.78 is 10.9. The highest BCUT2D eigenvalue weighted by molar-refractivity contribution is 6.30. The molecule has 1 aliphatic heterocycles. The minimum Gasteiger partial charge on any atom is -0.465 e. The maximum absolute atomic E-state index is 12.6. The summed E-state index contributed by atoms with van der Waals surface area (Å²) in [6, 6.07) is 13.9. The summed E-state index contributed by atoms with van der Waals surface area (Å²) in [5.41, 5.74) is 1.63. The Morgan fingerprint density at radius 1 is 1.15 bits per heavy atom. The van der Waals surface area contributed by atoms with Crippen LogP contribution in [-0.4, -0.2) is 36.5 Å². The predicted molar refractivity (Wildman–Crippen MR) is 103 cm³/mol. The van der Waals surface area contributed by atoms with E-state index < -0.39 is 18.1 Å². The monoisotopic (exact) mass is 407 g/mol. The number of halogens is 2. The smallest absolute Gasteiger partial charge is 0.325 e. The van der Waals surface area contributed by atoms with E-state index in [4.69, 9.17) is 32.7 Å². The van der Waals surface area contributed by atoms with Crippen LogP contribution in [0.2, 0.25) is 10.0 Å². The van der Waals surface area contributed by atoms with Gasteiger partial charge in [-0.15, -0.1) is 0 Å². The molecule has 1 saturated heterocycles. The summed E-state index contributed by atoms with van der Waals surface area (Å²) in [6.45, 7) is 1.70. The van der Waals surface area contributed by atoms with Crippen molar-refractivity contribution in [1.82, 2.24) is 4.90 Å². The Morgan fingerprint density at radius 3 is 2.56 bits per heavy atom. The lowest BCUT2D eigenvalue weighted by Crippen LogP contribution is -2.48. The molecule has 1 heterocycles. The van der Waals surface area contributed by atoms with Gasteiger partial charge in [0.25, 0.3) is 0 Å². The molecule has 5 nitrogen and oxygen atoms in total. The number of esters is 1. The van der Waals surface area contributed by atoms with Gasteiger partial charge in [0.15, 0.2) is 0 Å². The van der Waals surface area contributed by atoms with Gasteiger partial charge in [-0.05, 0) is 42.3 Å². The molecular formula is C20H19Cl2NO4. The molecule has 2 aromatic rings. The molecule has 27 heavy (non-hydrogen) atoms. The highest BCUT2D eigenvalue weighted by atomic mass is 35.5. The van der Waals surface area contributed by atoms with Gasteiger partial charge in [-0.3, -0.25) is 9.59 Å². The average molecular weight is 408 g/mol. The fraction of sp³-hybridized carbons (Fsp3) is 0.300. The fourth-order valence-corrected chi connectivity index (χ4v) is 3.49. The van der Waals surface area contributed by atoms with E-state index in [-0.39, 0.29) is 25.7 Å². The quantitative estimate of drug-likeness (QED) is 0.696. The normalized spacial score (nSPS) is 19.8. The summed E-state index contributed by atoms with van der Waals surface area (Å²) in [6.07, 6.45) is -0.475. The van der Waals surface area contributed by atoms with Crippen molar-refractivity contribution in [2.75, 3.05) is 19.8 Å². The highest BCUT2D eigenvalue weighted by Crippen LogP contribution is 2.40. The Hall–Kier alpha value is -2.08. The fourth-order valence-electron chi connectivity index (χ4n) is 3.16. The number of morpholine rings is 1. The van der Waals surface area contributed by atoms with Crippen molar-refractivity contribution in [3.63, 3.8) is 0 Å².